The van der Waals surface area contributed by atoms with Crippen molar-refractivity contribution in [1.29, 1.82) is 5.26 Å². The van der Waals surface area contributed by atoms with E-state index < -0.39 is 0 Å². The molecule has 0 aliphatic heterocycles. The monoisotopic (exact) mass is 269 g/mol. The highest BCUT2D eigenvalue weighted by atomic mass is 19.1. The molecular weight excluding hydrogens is 253 g/mol. The molecular formula is C17H16FNO. The summed E-state index contributed by atoms with van der Waals surface area (Å²) in [6.45, 7) is 5.52. The number of hydrogen-bond donors (Lipinski definition) is 0. The maximum atomic E-state index is 14.1. The molecule has 0 fully saturated rings. The molecule has 0 radical (unpaired) electrons. The third-order valence-electron chi connectivity index (χ3n) is 2.97. The van der Waals surface area contributed by atoms with Crippen LogP contribution >= 0.6 is 0 Å². The number of nitriles is 1. The Morgan fingerprint density at radius 1 is 1.20 bits per heavy atom. The van der Waals surface area contributed by atoms with Crippen LogP contribution in [0.5, 0.6) is 5.75 Å². The fourth-order valence-corrected chi connectivity index (χ4v) is 2.01. The summed E-state index contributed by atoms with van der Waals surface area (Å²) < 4.78 is 19.7. The lowest BCUT2D eigenvalue weighted by Gasteiger charge is -2.13. The van der Waals surface area contributed by atoms with Gasteiger partial charge in [0.1, 0.15) is 17.6 Å². The third kappa shape index (κ3) is 2.80. The van der Waals surface area contributed by atoms with Crippen molar-refractivity contribution in [3.05, 3.63) is 53.3 Å². The van der Waals surface area contributed by atoms with E-state index in [1.54, 1.807) is 43.3 Å². The molecule has 0 spiro atoms. The van der Waals surface area contributed by atoms with Gasteiger partial charge in [-0.15, -0.1) is 0 Å². The van der Waals surface area contributed by atoms with Crippen molar-refractivity contribution in [2.45, 2.75) is 26.9 Å². The third-order valence-corrected chi connectivity index (χ3v) is 2.97. The largest absolute Gasteiger partial charge is 0.490 e. The number of rotatable bonds is 3. The van der Waals surface area contributed by atoms with E-state index in [-0.39, 0.29) is 11.9 Å². The minimum absolute atomic E-state index is 0.0105. The first-order valence-corrected chi connectivity index (χ1v) is 6.49. The van der Waals surface area contributed by atoms with Gasteiger partial charge in [-0.3, -0.25) is 0 Å². The second kappa shape index (κ2) is 5.75. The van der Waals surface area contributed by atoms with Crippen molar-refractivity contribution >= 4 is 0 Å². The normalized spacial score (nSPS) is 10.4. The van der Waals surface area contributed by atoms with E-state index in [0.717, 1.165) is 0 Å². The summed E-state index contributed by atoms with van der Waals surface area (Å²) in [4.78, 5) is 0. The van der Waals surface area contributed by atoms with Crippen LogP contribution in [0.3, 0.4) is 0 Å². The molecule has 20 heavy (non-hydrogen) atoms. The summed E-state index contributed by atoms with van der Waals surface area (Å²) in [5.74, 6) is 0.272. The topological polar surface area (TPSA) is 33.0 Å². The fourth-order valence-electron chi connectivity index (χ4n) is 2.01. The van der Waals surface area contributed by atoms with E-state index in [4.69, 9.17) is 4.74 Å². The molecule has 3 heteroatoms. The highest BCUT2D eigenvalue weighted by molar-refractivity contribution is 5.68. The van der Waals surface area contributed by atoms with Gasteiger partial charge in [-0.05, 0) is 44.0 Å². The lowest BCUT2D eigenvalue weighted by Crippen LogP contribution is -2.06. The first-order valence-electron chi connectivity index (χ1n) is 6.49. The van der Waals surface area contributed by atoms with E-state index in [9.17, 15) is 9.65 Å². The molecule has 0 aliphatic rings. The summed E-state index contributed by atoms with van der Waals surface area (Å²) in [5.41, 5.74) is 2.18. The molecule has 2 aromatic rings. The van der Waals surface area contributed by atoms with Crippen LogP contribution in [0, 0.1) is 24.1 Å². The van der Waals surface area contributed by atoms with E-state index >= 15 is 0 Å². The molecule has 102 valence electrons. The Labute approximate surface area is 118 Å². The Hall–Kier alpha value is -2.34. The van der Waals surface area contributed by atoms with Crippen molar-refractivity contribution in [1.82, 2.24) is 0 Å². The van der Waals surface area contributed by atoms with Gasteiger partial charge >= 0.3 is 0 Å². The van der Waals surface area contributed by atoms with Crippen LogP contribution in [0.15, 0.2) is 36.4 Å². The zero-order valence-electron chi connectivity index (χ0n) is 11.8. The van der Waals surface area contributed by atoms with E-state index in [0.29, 0.717) is 28.0 Å². The molecule has 0 aliphatic carbocycles. The Kier molecular flexibility index (Phi) is 4.05. The number of hydrogen-bond acceptors (Lipinski definition) is 2. The first kappa shape index (κ1) is 14.1. The molecule has 2 rings (SSSR count). The predicted octanol–water partition coefficient (Wildman–Crippen LogP) is 4.46. The average Bonchev–Trinajstić information content (AvgIpc) is 2.42. The second-order valence-electron chi connectivity index (χ2n) is 4.93. The van der Waals surface area contributed by atoms with Crippen molar-refractivity contribution in [3.63, 3.8) is 0 Å². The number of benzene rings is 2. The van der Waals surface area contributed by atoms with Gasteiger partial charge in [0, 0.05) is 5.56 Å². The Balaban J connectivity index is 2.50. The van der Waals surface area contributed by atoms with E-state index in [1.807, 2.05) is 13.8 Å². The first-order chi connectivity index (χ1) is 9.52. The molecule has 0 saturated carbocycles. The fraction of sp³-hybridized carbons (Fsp3) is 0.235. The molecule has 0 atom stereocenters. The highest BCUT2D eigenvalue weighted by Gasteiger charge is 2.11. The number of halogens is 1. The van der Waals surface area contributed by atoms with Gasteiger partial charge in [0.15, 0.2) is 0 Å². The van der Waals surface area contributed by atoms with Crippen LogP contribution in [-0.2, 0) is 0 Å². The minimum atomic E-state index is -0.256. The number of ether oxygens (including phenoxy) is 1. The predicted molar refractivity (Wildman–Crippen MR) is 77.1 cm³/mol. The molecule has 0 heterocycles. The van der Waals surface area contributed by atoms with Gasteiger partial charge in [0.2, 0.25) is 0 Å². The van der Waals surface area contributed by atoms with E-state index in [1.165, 1.54) is 0 Å². The molecule has 2 nitrogen and oxygen atoms in total. The van der Waals surface area contributed by atoms with Gasteiger partial charge in [-0.2, -0.15) is 5.26 Å². The van der Waals surface area contributed by atoms with Crippen LogP contribution in [0.1, 0.15) is 25.0 Å². The Morgan fingerprint density at radius 3 is 2.60 bits per heavy atom. The highest BCUT2D eigenvalue weighted by Crippen LogP contribution is 2.29. The van der Waals surface area contributed by atoms with Crippen LogP contribution in [-0.4, -0.2) is 6.10 Å². The van der Waals surface area contributed by atoms with Gasteiger partial charge in [0.25, 0.3) is 0 Å². The van der Waals surface area contributed by atoms with Crippen molar-refractivity contribution < 1.29 is 9.13 Å². The SMILES string of the molecule is Cc1cccc(-c2ccc(OC(C)C)c(C#N)c2)c1F. The minimum Gasteiger partial charge on any atom is -0.490 e. The van der Waals surface area contributed by atoms with Crippen LogP contribution < -0.4 is 4.74 Å². The molecule has 0 amide bonds. The smallest absolute Gasteiger partial charge is 0.137 e. The van der Waals surface area contributed by atoms with Crippen molar-refractivity contribution in [2.75, 3.05) is 0 Å². The van der Waals surface area contributed by atoms with Crippen LogP contribution in [0.2, 0.25) is 0 Å². The van der Waals surface area contributed by atoms with Crippen LogP contribution in [0.4, 0.5) is 4.39 Å². The van der Waals surface area contributed by atoms with E-state index in [2.05, 4.69) is 6.07 Å². The van der Waals surface area contributed by atoms with Gasteiger partial charge in [-0.25, -0.2) is 4.39 Å². The average molecular weight is 269 g/mol. The summed E-state index contributed by atoms with van der Waals surface area (Å²) in [5, 5.41) is 9.20. The summed E-state index contributed by atoms with van der Waals surface area (Å²) >= 11 is 0. The summed E-state index contributed by atoms with van der Waals surface area (Å²) in [7, 11) is 0. The summed E-state index contributed by atoms with van der Waals surface area (Å²) in [6.07, 6.45) is -0.0105. The lowest BCUT2D eigenvalue weighted by molar-refractivity contribution is 0.242. The standard InChI is InChI=1S/C17H16FNO/c1-11(2)20-16-8-7-13(9-14(16)10-19)15-6-4-5-12(3)17(15)18/h4-9,11H,1-3H3. The molecule has 0 saturated heterocycles. The number of nitrogens with zero attached hydrogens (tertiary/aromatic N) is 1. The molecule has 0 N–H and O–H groups in total. The van der Waals surface area contributed by atoms with Gasteiger partial charge in [-0.1, -0.05) is 24.3 Å². The maximum Gasteiger partial charge on any atom is 0.137 e. The molecule has 0 unspecified atom stereocenters. The van der Waals surface area contributed by atoms with Gasteiger partial charge < -0.3 is 4.74 Å². The summed E-state index contributed by atoms with van der Waals surface area (Å²) in [6, 6.07) is 12.5. The van der Waals surface area contributed by atoms with Crippen molar-refractivity contribution in [2.24, 2.45) is 0 Å². The zero-order chi connectivity index (χ0) is 14.7. The second-order valence-corrected chi connectivity index (χ2v) is 4.93. The van der Waals surface area contributed by atoms with Crippen molar-refractivity contribution in [3.8, 4) is 22.9 Å². The quantitative estimate of drug-likeness (QED) is 0.824. The maximum absolute atomic E-state index is 14.1. The Morgan fingerprint density at radius 2 is 1.95 bits per heavy atom. The Bertz CT molecular complexity index is 671. The van der Waals surface area contributed by atoms with Gasteiger partial charge in [0.05, 0.1) is 11.7 Å². The number of aryl methyl sites for hydroxylation is 1. The zero-order valence-corrected chi connectivity index (χ0v) is 11.8. The molecule has 2 aromatic carbocycles. The van der Waals surface area contributed by atoms with Crippen LogP contribution in [0.25, 0.3) is 11.1 Å². The lowest BCUT2D eigenvalue weighted by atomic mass is 10.0. The molecule has 0 bridgehead atoms. The molecule has 0 aromatic heterocycles.